The number of nitro benzene ring substituents is 1. The van der Waals surface area contributed by atoms with Crippen molar-refractivity contribution in [1.82, 2.24) is 0 Å². The van der Waals surface area contributed by atoms with Gasteiger partial charge in [0, 0.05) is 17.7 Å². The number of nitro groups is 1. The molecule has 1 amide bonds. The van der Waals surface area contributed by atoms with E-state index >= 15 is 0 Å². The van der Waals surface area contributed by atoms with Gasteiger partial charge in [0.1, 0.15) is 5.75 Å². The fraction of sp³-hybridized carbons (Fsp3) is 0.235. The molecule has 0 aliphatic rings. The number of nitrogens with one attached hydrogen (secondary N) is 1. The lowest BCUT2D eigenvalue weighted by atomic mass is 10.2. The summed E-state index contributed by atoms with van der Waals surface area (Å²) in [7, 11) is -2.16. The second-order valence-corrected chi connectivity index (χ2v) is 8.22. The van der Waals surface area contributed by atoms with Crippen molar-refractivity contribution in [2.75, 3.05) is 12.4 Å². The standard InChI is InChI=1S/C17H18N2O6S/c1-11(2)26(23,24)14-6-4-5-12(9-14)17(20)18-15-10-13(19(21)22)7-8-16(15)25-3/h4-11H,1-3H3,(H,18,20). The number of carbonyl (C=O) groups is 1. The van der Waals surface area contributed by atoms with Crippen LogP contribution in [0.5, 0.6) is 5.75 Å². The fourth-order valence-electron chi connectivity index (χ4n) is 2.19. The summed E-state index contributed by atoms with van der Waals surface area (Å²) in [6.07, 6.45) is 0. The summed E-state index contributed by atoms with van der Waals surface area (Å²) in [5.74, 6) is -0.362. The molecule has 2 aromatic rings. The number of methoxy groups -OCH3 is 1. The summed E-state index contributed by atoms with van der Waals surface area (Å²) in [5.41, 5.74) is 0.0151. The van der Waals surface area contributed by atoms with Crippen molar-refractivity contribution in [3.05, 3.63) is 58.1 Å². The Hall–Kier alpha value is -2.94. The zero-order chi connectivity index (χ0) is 19.5. The maximum atomic E-state index is 12.5. The van der Waals surface area contributed by atoms with Gasteiger partial charge in [0.15, 0.2) is 9.84 Å². The van der Waals surface area contributed by atoms with Crippen LogP contribution in [0.2, 0.25) is 0 Å². The van der Waals surface area contributed by atoms with Crippen molar-refractivity contribution in [2.45, 2.75) is 24.0 Å². The van der Waals surface area contributed by atoms with E-state index in [4.69, 9.17) is 4.74 Å². The van der Waals surface area contributed by atoms with Crippen LogP contribution in [0.15, 0.2) is 47.4 Å². The summed E-state index contributed by atoms with van der Waals surface area (Å²) in [4.78, 5) is 22.8. The molecule has 0 unspecified atom stereocenters. The quantitative estimate of drug-likeness (QED) is 0.610. The van der Waals surface area contributed by atoms with Crippen LogP contribution in [0.1, 0.15) is 24.2 Å². The fourth-order valence-corrected chi connectivity index (χ4v) is 3.29. The van der Waals surface area contributed by atoms with Crippen LogP contribution in [0.4, 0.5) is 11.4 Å². The average Bonchev–Trinajstić information content (AvgIpc) is 2.61. The van der Waals surface area contributed by atoms with Gasteiger partial charge in [-0.1, -0.05) is 6.07 Å². The molecule has 0 atom stereocenters. The number of non-ortho nitro benzene ring substituents is 1. The number of sulfone groups is 1. The summed E-state index contributed by atoms with van der Waals surface area (Å²) in [6, 6.07) is 9.41. The Bertz CT molecular complexity index is 953. The Morgan fingerprint density at radius 3 is 2.46 bits per heavy atom. The third-order valence-electron chi connectivity index (χ3n) is 3.69. The van der Waals surface area contributed by atoms with Gasteiger partial charge in [-0.25, -0.2) is 8.42 Å². The molecule has 0 bridgehead atoms. The zero-order valence-corrected chi connectivity index (χ0v) is 15.2. The first kappa shape index (κ1) is 19.4. The number of rotatable bonds is 6. The number of hydrogen-bond donors (Lipinski definition) is 1. The minimum atomic E-state index is -3.53. The molecule has 0 spiro atoms. The number of anilines is 1. The molecule has 0 aromatic heterocycles. The predicted molar refractivity (Wildman–Crippen MR) is 96.4 cm³/mol. The molecule has 0 saturated carbocycles. The molecule has 0 fully saturated rings. The third kappa shape index (κ3) is 3.99. The van der Waals surface area contributed by atoms with Crippen molar-refractivity contribution >= 4 is 27.1 Å². The molecule has 138 valence electrons. The first-order valence-electron chi connectivity index (χ1n) is 7.64. The van der Waals surface area contributed by atoms with E-state index in [1.807, 2.05) is 0 Å². The van der Waals surface area contributed by atoms with Crippen molar-refractivity contribution in [3.8, 4) is 5.75 Å². The van der Waals surface area contributed by atoms with Crippen LogP contribution < -0.4 is 10.1 Å². The first-order valence-corrected chi connectivity index (χ1v) is 9.19. The van der Waals surface area contributed by atoms with Gasteiger partial charge in [0.25, 0.3) is 11.6 Å². The van der Waals surface area contributed by atoms with Crippen molar-refractivity contribution in [1.29, 1.82) is 0 Å². The summed E-state index contributed by atoms with van der Waals surface area (Å²) in [5, 5.41) is 12.8. The molecule has 1 N–H and O–H groups in total. The summed E-state index contributed by atoms with van der Waals surface area (Å²) >= 11 is 0. The maximum Gasteiger partial charge on any atom is 0.271 e. The molecular weight excluding hydrogens is 360 g/mol. The van der Waals surface area contributed by atoms with Crippen molar-refractivity contribution < 1.29 is 22.9 Å². The highest BCUT2D eigenvalue weighted by molar-refractivity contribution is 7.92. The van der Waals surface area contributed by atoms with Crippen LogP contribution in [0, 0.1) is 10.1 Å². The molecule has 8 nitrogen and oxygen atoms in total. The second-order valence-electron chi connectivity index (χ2n) is 5.72. The van der Waals surface area contributed by atoms with Gasteiger partial charge in [-0.3, -0.25) is 14.9 Å². The minimum absolute atomic E-state index is 0.0335. The Labute approximate surface area is 150 Å². The molecular formula is C17H18N2O6S. The lowest BCUT2D eigenvalue weighted by molar-refractivity contribution is -0.384. The smallest absolute Gasteiger partial charge is 0.271 e. The van der Waals surface area contributed by atoms with E-state index in [0.29, 0.717) is 0 Å². The van der Waals surface area contributed by atoms with Gasteiger partial charge in [0.05, 0.1) is 27.9 Å². The Kier molecular flexibility index (Phi) is 5.61. The molecule has 0 saturated heterocycles. The average molecular weight is 378 g/mol. The number of benzene rings is 2. The predicted octanol–water partition coefficient (Wildman–Crippen LogP) is 3.04. The number of carbonyl (C=O) groups excluding carboxylic acids is 1. The topological polar surface area (TPSA) is 116 Å². The Morgan fingerprint density at radius 1 is 1.19 bits per heavy atom. The van der Waals surface area contributed by atoms with E-state index in [9.17, 15) is 23.3 Å². The second kappa shape index (κ2) is 7.52. The minimum Gasteiger partial charge on any atom is -0.495 e. The molecule has 26 heavy (non-hydrogen) atoms. The van der Waals surface area contributed by atoms with Crippen LogP contribution in [-0.2, 0) is 9.84 Å². The Balaban J connectivity index is 2.37. The molecule has 2 rings (SSSR count). The number of hydrogen-bond acceptors (Lipinski definition) is 6. The highest BCUT2D eigenvalue weighted by Crippen LogP contribution is 2.29. The van der Waals surface area contributed by atoms with E-state index in [2.05, 4.69) is 5.32 Å². The maximum absolute atomic E-state index is 12.5. The van der Waals surface area contributed by atoms with E-state index in [-0.39, 0.29) is 27.6 Å². The van der Waals surface area contributed by atoms with Crippen LogP contribution in [0.25, 0.3) is 0 Å². The van der Waals surface area contributed by atoms with Gasteiger partial charge < -0.3 is 10.1 Å². The van der Waals surface area contributed by atoms with Gasteiger partial charge in [-0.2, -0.15) is 0 Å². The number of ether oxygens (including phenoxy) is 1. The van der Waals surface area contributed by atoms with Crippen LogP contribution in [-0.4, -0.2) is 31.6 Å². The largest absolute Gasteiger partial charge is 0.495 e. The molecule has 9 heteroatoms. The molecule has 0 aliphatic carbocycles. The molecule has 0 radical (unpaired) electrons. The van der Waals surface area contributed by atoms with E-state index in [1.54, 1.807) is 13.8 Å². The zero-order valence-electron chi connectivity index (χ0n) is 14.4. The van der Waals surface area contributed by atoms with Crippen LogP contribution in [0.3, 0.4) is 0 Å². The number of amides is 1. The molecule has 0 aliphatic heterocycles. The molecule has 2 aromatic carbocycles. The molecule has 0 heterocycles. The van der Waals surface area contributed by atoms with Crippen molar-refractivity contribution in [2.24, 2.45) is 0 Å². The van der Waals surface area contributed by atoms with Crippen LogP contribution >= 0.6 is 0 Å². The lowest BCUT2D eigenvalue weighted by Gasteiger charge is -2.12. The lowest BCUT2D eigenvalue weighted by Crippen LogP contribution is -2.16. The summed E-state index contributed by atoms with van der Waals surface area (Å²) in [6.45, 7) is 3.10. The SMILES string of the molecule is COc1ccc([N+](=O)[O-])cc1NC(=O)c1cccc(S(=O)(=O)C(C)C)c1. The van der Waals surface area contributed by atoms with E-state index < -0.39 is 25.9 Å². The highest BCUT2D eigenvalue weighted by atomic mass is 32.2. The van der Waals surface area contributed by atoms with Gasteiger partial charge in [0.2, 0.25) is 0 Å². The van der Waals surface area contributed by atoms with E-state index in [1.165, 1.54) is 49.6 Å². The first-order chi connectivity index (χ1) is 12.2. The number of nitrogens with zero attached hydrogens (tertiary/aromatic N) is 1. The van der Waals surface area contributed by atoms with Gasteiger partial charge in [-0.15, -0.1) is 0 Å². The third-order valence-corrected chi connectivity index (χ3v) is 5.84. The van der Waals surface area contributed by atoms with E-state index in [0.717, 1.165) is 0 Å². The monoisotopic (exact) mass is 378 g/mol. The van der Waals surface area contributed by atoms with Crippen molar-refractivity contribution in [3.63, 3.8) is 0 Å². The Morgan fingerprint density at radius 2 is 1.88 bits per heavy atom. The van der Waals surface area contributed by atoms with Gasteiger partial charge in [-0.05, 0) is 38.1 Å². The van der Waals surface area contributed by atoms with Gasteiger partial charge >= 0.3 is 0 Å². The highest BCUT2D eigenvalue weighted by Gasteiger charge is 2.21. The normalized spacial score (nSPS) is 11.2. The summed E-state index contributed by atoms with van der Waals surface area (Å²) < 4.78 is 29.6.